The lowest BCUT2D eigenvalue weighted by atomic mass is 10.0. The van der Waals surface area contributed by atoms with Gasteiger partial charge in [0.05, 0.1) is 22.8 Å². The highest BCUT2D eigenvalue weighted by Crippen LogP contribution is 2.30. The molecule has 150 valence electrons. The smallest absolute Gasteiger partial charge is 0.0898 e. The molecule has 5 heteroatoms. The Morgan fingerprint density at radius 1 is 1.11 bits per heavy atom. The summed E-state index contributed by atoms with van der Waals surface area (Å²) in [5.41, 5.74) is 10.5. The first-order chi connectivity index (χ1) is 13.6. The van der Waals surface area contributed by atoms with Crippen LogP contribution in [0.2, 0.25) is 5.02 Å². The van der Waals surface area contributed by atoms with Crippen molar-refractivity contribution in [1.29, 1.82) is 0 Å². The Bertz CT molecular complexity index is 881. The Kier molecular flexibility index (Phi) is 8.71. The lowest BCUT2D eigenvalue weighted by molar-refractivity contribution is 0.147. The van der Waals surface area contributed by atoms with Crippen molar-refractivity contribution in [2.45, 2.75) is 27.3 Å². The van der Waals surface area contributed by atoms with Crippen LogP contribution in [0.1, 0.15) is 26.3 Å². The molecule has 0 aliphatic carbocycles. The molecular formula is C23H30ClN3O. The van der Waals surface area contributed by atoms with Gasteiger partial charge in [-0.1, -0.05) is 56.6 Å². The molecule has 28 heavy (non-hydrogen) atoms. The van der Waals surface area contributed by atoms with Gasteiger partial charge >= 0.3 is 0 Å². The van der Waals surface area contributed by atoms with E-state index in [9.17, 15) is 0 Å². The van der Waals surface area contributed by atoms with Crippen molar-refractivity contribution in [2.75, 3.05) is 32.5 Å². The number of anilines is 1. The summed E-state index contributed by atoms with van der Waals surface area (Å²) in [4.78, 5) is 7.17. The van der Waals surface area contributed by atoms with Crippen molar-refractivity contribution in [3.63, 3.8) is 0 Å². The fraction of sp³-hybridized carbons (Fsp3) is 0.348. The van der Waals surface area contributed by atoms with Crippen LogP contribution in [0.3, 0.4) is 0 Å². The summed E-state index contributed by atoms with van der Waals surface area (Å²) < 4.78 is 5.24. The first-order valence-corrected chi connectivity index (χ1v) is 10.2. The second-order valence-corrected chi connectivity index (χ2v) is 6.69. The van der Waals surface area contributed by atoms with Gasteiger partial charge in [0.15, 0.2) is 0 Å². The zero-order valence-electron chi connectivity index (χ0n) is 17.2. The average Bonchev–Trinajstić information content (AvgIpc) is 2.73. The number of para-hydroxylation sites is 1. The van der Waals surface area contributed by atoms with Crippen LogP contribution in [0, 0.1) is 0 Å². The van der Waals surface area contributed by atoms with E-state index in [0.29, 0.717) is 11.6 Å². The Labute approximate surface area is 173 Å². The zero-order valence-corrected chi connectivity index (χ0v) is 18.0. The van der Waals surface area contributed by atoms with Gasteiger partial charge in [0.25, 0.3) is 0 Å². The van der Waals surface area contributed by atoms with Crippen molar-refractivity contribution >= 4 is 28.2 Å². The highest BCUT2D eigenvalue weighted by atomic mass is 35.5. The van der Waals surface area contributed by atoms with Gasteiger partial charge in [-0.25, -0.2) is 4.98 Å². The summed E-state index contributed by atoms with van der Waals surface area (Å²) in [7, 11) is 1.73. The lowest BCUT2D eigenvalue weighted by Gasteiger charge is -2.21. The van der Waals surface area contributed by atoms with Gasteiger partial charge < -0.3 is 10.5 Å². The molecule has 0 amide bonds. The second-order valence-electron chi connectivity index (χ2n) is 6.29. The number of aromatic nitrogens is 1. The van der Waals surface area contributed by atoms with E-state index >= 15 is 0 Å². The number of hydrogen-bond acceptors (Lipinski definition) is 4. The average molecular weight is 400 g/mol. The standard InChI is InChI=1S/C21H24ClN3O.C2H6/c1-3-25(11-12-26-2)14-16-13-20(15-7-9-17(23)10-8-15)24-21-18(16)5-4-6-19(21)22;1-2/h4-10,13H,3,11-12,14,23H2,1-2H3;1-2H3. The molecule has 1 aromatic heterocycles. The van der Waals surface area contributed by atoms with E-state index < -0.39 is 0 Å². The minimum Gasteiger partial charge on any atom is -0.399 e. The maximum Gasteiger partial charge on any atom is 0.0898 e. The summed E-state index contributed by atoms with van der Waals surface area (Å²) in [6.07, 6.45) is 0. The number of pyridine rings is 1. The van der Waals surface area contributed by atoms with Crippen LogP contribution in [0.5, 0.6) is 0 Å². The van der Waals surface area contributed by atoms with Gasteiger partial charge in [0.1, 0.15) is 0 Å². The molecule has 1 heterocycles. The van der Waals surface area contributed by atoms with Crippen LogP contribution in [-0.4, -0.2) is 36.7 Å². The van der Waals surface area contributed by atoms with Gasteiger partial charge in [-0.3, -0.25) is 4.90 Å². The van der Waals surface area contributed by atoms with Crippen molar-refractivity contribution in [2.24, 2.45) is 0 Å². The first kappa shape index (κ1) is 22.2. The largest absolute Gasteiger partial charge is 0.399 e. The molecular weight excluding hydrogens is 370 g/mol. The van der Waals surface area contributed by atoms with E-state index in [4.69, 9.17) is 27.1 Å². The number of methoxy groups -OCH3 is 1. The summed E-state index contributed by atoms with van der Waals surface area (Å²) in [6.45, 7) is 9.52. The Hall–Kier alpha value is -2.14. The van der Waals surface area contributed by atoms with E-state index in [1.165, 1.54) is 5.56 Å². The predicted molar refractivity (Wildman–Crippen MR) is 121 cm³/mol. The fourth-order valence-corrected chi connectivity index (χ4v) is 3.24. The number of hydrogen-bond donors (Lipinski definition) is 1. The molecule has 0 fully saturated rings. The van der Waals surface area contributed by atoms with Crippen molar-refractivity contribution in [3.05, 3.63) is 59.1 Å². The van der Waals surface area contributed by atoms with Crippen molar-refractivity contribution in [1.82, 2.24) is 9.88 Å². The quantitative estimate of drug-likeness (QED) is 0.523. The molecule has 0 unspecified atom stereocenters. The Morgan fingerprint density at radius 3 is 2.46 bits per heavy atom. The number of halogens is 1. The lowest BCUT2D eigenvalue weighted by Crippen LogP contribution is -2.26. The van der Waals surface area contributed by atoms with E-state index in [2.05, 4.69) is 24.0 Å². The SMILES string of the molecule is CC.CCN(CCOC)Cc1cc(-c2ccc(N)cc2)nc2c(Cl)cccc12. The number of rotatable bonds is 7. The molecule has 0 saturated carbocycles. The first-order valence-electron chi connectivity index (χ1n) is 9.77. The van der Waals surface area contributed by atoms with Crippen LogP contribution >= 0.6 is 11.6 Å². The molecule has 0 bridgehead atoms. The molecule has 3 rings (SSSR count). The highest BCUT2D eigenvalue weighted by molar-refractivity contribution is 6.35. The van der Waals surface area contributed by atoms with Crippen LogP contribution in [-0.2, 0) is 11.3 Å². The summed E-state index contributed by atoms with van der Waals surface area (Å²) in [5.74, 6) is 0. The summed E-state index contributed by atoms with van der Waals surface area (Å²) in [5, 5.41) is 1.76. The highest BCUT2D eigenvalue weighted by Gasteiger charge is 2.13. The third kappa shape index (κ3) is 5.44. The number of nitrogens with two attached hydrogens (primary N) is 1. The van der Waals surface area contributed by atoms with Crippen LogP contribution in [0.4, 0.5) is 5.69 Å². The van der Waals surface area contributed by atoms with Gasteiger partial charge in [0.2, 0.25) is 0 Å². The Morgan fingerprint density at radius 2 is 1.82 bits per heavy atom. The summed E-state index contributed by atoms with van der Waals surface area (Å²) >= 11 is 6.45. The van der Waals surface area contributed by atoms with E-state index in [1.807, 2.05) is 50.2 Å². The van der Waals surface area contributed by atoms with Crippen LogP contribution in [0.15, 0.2) is 48.5 Å². The molecule has 0 radical (unpaired) electrons. The third-order valence-corrected chi connectivity index (χ3v) is 4.84. The molecule has 4 nitrogen and oxygen atoms in total. The van der Waals surface area contributed by atoms with Gasteiger partial charge in [0, 0.05) is 36.8 Å². The molecule has 0 aliphatic rings. The minimum absolute atomic E-state index is 0.668. The van der Waals surface area contributed by atoms with Crippen molar-refractivity contribution in [3.8, 4) is 11.3 Å². The van der Waals surface area contributed by atoms with Crippen molar-refractivity contribution < 1.29 is 4.74 Å². The zero-order chi connectivity index (χ0) is 20.5. The number of benzene rings is 2. The van der Waals surface area contributed by atoms with Gasteiger partial charge in [-0.2, -0.15) is 0 Å². The third-order valence-electron chi connectivity index (χ3n) is 4.54. The molecule has 2 N–H and O–H groups in total. The molecule has 3 aromatic rings. The number of nitrogens with zero attached hydrogens (tertiary/aromatic N) is 2. The number of likely N-dealkylation sites (N-methyl/N-ethyl adjacent to an activating group) is 1. The number of fused-ring (bicyclic) bond motifs is 1. The minimum atomic E-state index is 0.668. The second kappa shape index (κ2) is 11.0. The normalized spacial score (nSPS) is 10.8. The van der Waals surface area contributed by atoms with E-state index in [1.54, 1.807) is 7.11 Å². The fourth-order valence-electron chi connectivity index (χ4n) is 3.03. The number of nitrogen functional groups attached to an aromatic ring is 1. The molecule has 2 aromatic carbocycles. The molecule has 0 aliphatic heterocycles. The van der Waals surface area contributed by atoms with Gasteiger partial charge in [-0.05, 0) is 36.4 Å². The number of ether oxygens (including phenoxy) is 1. The molecule has 0 spiro atoms. The van der Waals surface area contributed by atoms with Crippen LogP contribution in [0.25, 0.3) is 22.2 Å². The monoisotopic (exact) mass is 399 g/mol. The molecule has 0 saturated heterocycles. The summed E-state index contributed by atoms with van der Waals surface area (Å²) in [6, 6.07) is 15.9. The van der Waals surface area contributed by atoms with E-state index in [0.717, 1.165) is 47.5 Å². The predicted octanol–water partition coefficient (Wildman–Crippen LogP) is 5.63. The van der Waals surface area contributed by atoms with Gasteiger partial charge in [-0.15, -0.1) is 0 Å². The topological polar surface area (TPSA) is 51.4 Å². The maximum atomic E-state index is 6.45. The Balaban J connectivity index is 0.00000136. The van der Waals surface area contributed by atoms with Crippen LogP contribution < -0.4 is 5.73 Å². The molecule has 0 atom stereocenters. The maximum absolute atomic E-state index is 6.45. The van der Waals surface area contributed by atoms with E-state index in [-0.39, 0.29) is 0 Å².